The van der Waals surface area contributed by atoms with Crippen molar-refractivity contribution in [2.45, 2.75) is 89.5 Å². The summed E-state index contributed by atoms with van der Waals surface area (Å²) in [6, 6.07) is 12.9. The smallest absolute Gasteiger partial charge is 0.346 e. The number of nitrogens with zero attached hydrogens (tertiary/aromatic N) is 2. The van der Waals surface area contributed by atoms with Gasteiger partial charge in [-0.05, 0) is 106 Å². The van der Waals surface area contributed by atoms with Gasteiger partial charge in [-0.1, -0.05) is 43.2 Å². The van der Waals surface area contributed by atoms with Crippen LogP contribution >= 0.6 is 0 Å². The normalized spacial score (nSPS) is 18.3. The van der Waals surface area contributed by atoms with Crippen LogP contribution in [0.2, 0.25) is 0 Å². The van der Waals surface area contributed by atoms with Crippen LogP contribution in [0.5, 0.6) is 0 Å². The Morgan fingerprint density at radius 1 is 0.944 bits per heavy atom. The summed E-state index contributed by atoms with van der Waals surface area (Å²) in [7, 11) is 0. The van der Waals surface area contributed by atoms with Gasteiger partial charge in [-0.2, -0.15) is 13.2 Å². The molecule has 1 saturated carbocycles. The van der Waals surface area contributed by atoms with Gasteiger partial charge in [-0.3, -0.25) is 19.2 Å². The van der Waals surface area contributed by atoms with Crippen molar-refractivity contribution in [1.82, 2.24) is 10.2 Å². The maximum Gasteiger partial charge on any atom is 0.416 e. The predicted octanol–water partition coefficient (Wildman–Crippen LogP) is 6.15. The topological polar surface area (TPSA) is 151 Å². The molecule has 3 aromatic rings. The minimum absolute atomic E-state index is 0.00626. The van der Waals surface area contributed by atoms with Crippen molar-refractivity contribution in [2.75, 3.05) is 29.9 Å². The molecule has 54 heavy (non-hydrogen) atoms. The number of hydrogen-bond acceptors (Lipinski definition) is 6. The first-order valence-corrected chi connectivity index (χ1v) is 18.4. The lowest BCUT2D eigenvalue weighted by molar-refractivity contribution is -0.138. The van der Waals surface area contributed by atoms with Gasteiger partial charge in [0.15, 0.2) is 0 Å². The fourth-order valence-corrected chi connectivity index (χ4v) is 7.60. The van der Waals surface area contributed by atoms with Crippen molar-refractivity contribution >= 4 is 35.0 Å². The number of hydrogen-bond donors (Lipinski definition) is 4. The number of nitrogens with one attached hydrogen (secondary N) is 2. The van der Waals surface area contributed by atoms with E-state index in [0.717, 1.165) is 31.7 Å². The van der Waals surface area contributed by atoms with Gasteiger partial charge in [0.1, 0.15) is 5.82 Å². The summed E-state index contributed by atoms with van der Waals surface area (Å²) in [5.74, 6) is -3.61. The highest BCUT2D eigenvalue weighted by atomic mass is 19.4. The molecule has 1 aliphatic carbocycles. The van der Waals surface area contributed by atoms with E-state index in [0.29, 0.717) is 49.0 Å². The molecule has 4 amide bonds. The molecular formula is C40H48F4N6O4. The van der Waals surface area contributed by atoms with Gasteiger partial charge in [0.25, 0.3) is 5.91 Å². The number of halogens is 4. The Labute approximate surface area is 312 Å². The molecule has 6 N–H and O–H groups in total. The number of carbonyl (C=O) groups excluding carboxylic acids is 4. The zero-order valence-electron chi connectivity index (χ0n) is 30.6. The molecule has 3 atom stereocenters. The second kappa shape index (κ2) is 17.5. The molecule has 14 heteroatoms. The van der Waals surface area contributed by atoms with Crippen molar-refractivity contribution in [2.24, 2.45) is 17.4 Å². The van der Waals surface area contributed by atoms with Gasteiger partial charge in [0.05, 0.1) is 35.7 Å². The summed E-state index contributed by atoms with van der Waals surface area (Å²) >= 11 is 0. The predicted molar refractivity (Wildman–Crippen MR) is 198 cm³/mol. The standard InChI is InChI=1S/C40H48F4N6O4/c1-24-14-17-27(22-31(24)40(42,43)44)48-37(52)30-11-7-21-49(39(54)35-25(2)8-5-12-32(35)41)36(30)26-15-18-29(19-16-26)50(28-9-3-4-10-28)34(51)23-47-38(53)33(46)13-6-20-45/h5,8,12,14-19,22,28,30,33,36H,3-4,6-7,9-11,13,20-21,23,45-46H2,1-2H3,(H,47,53)(H,48,52)/t30-,33?,36-/m0/s1. The van der Waals surface area contributed by atoms with E-state index >= 15 is 4.39 Å². The molecule has 1 saturated heterocycles. The number of carbonyl (C=O) groups is 4. The lowest BCUT2D eigenvalue weighted by Gasteiger charge is -2.41. The van der Waals surface area contributed by atoms with Crippen LogP contribution in [0.3, 0.4) is 0 Å². The molecule has 0 spiro atoms. The van der Waals surface area contributed by atoms with E-state index in [9.17, 15) is 32.3 Å². The van der Waals surface area contributed by atoms with Crippen LogP contribution in [-0.4, -0.2) is 60.2 Å². The van der Waals surface area contributed by atoms with Gasteiger partial charge >= 0.3 is 6.18 Å². The number of nitrogens with two attached hydrogens (primary N) is 2. The first-order chi connectivity index (χ1) is 25.7. The van der Waals surface area contributed by atoms with Gasteiger partial charge in [-0.25, -0.2) is 4.39 Å². The Morgan fingerprint density at radius 2 is 1.65 bits per heavy atom. The number of rotatable bonds is 12. The lowest BCUT2D eigenvalue weighted by Crippen LogP contribution is -2.48. The molecule has 10 nitrogen and oxygen atoms in total. The monoisotopic (exact) mass is 752 g/mol. The molecule has 0 aromatic heterocycles. The summed E-state index contributed by atoms with van der Waals surface area (Å²) < 4.78 is 56.3. The first-order valence-electron chi connectivity index (χ1n) is 18.4. The number of likely N-dealkylation sites (tertiary alicyclic amines) is 1. The number of aryl methyl sites for hydroxylation is 2. The second-order valence-electron chi connectivity index (χ2n) is 14.2. The molecular weight excluding hydrogens is 704 g/mol. The van der Waals surface area contributed by atoms with Crippen molar-refractivity contribution in [3.05, 3.63) is 94.3 Å². The summed E-state index contributed by atoms with van der Waals surface area (Å²) in [6.45, 7) is 3.28. The minimum Gasteiger partial charge on any atom is -0.346 e. The second-order valence-corrected chi connectivity index (χ2v) is 14.2. The fourth-order valence-electron chi connectivity index (χ4n) is 7.60. The molecule has 3 aromatic carbocycles. The minimum atomic E-state index is -4.63. The average Bonchev–Trinajstić information content (AvgIpc) is 3.67. The third-order valence-corrected chi connectivity index (χ3v) is 10.4. The largest absolute Gasteiger partial charge is 0.416 e. The lowest BCUT2D eigenvalue weighted by atomic mass is 9.83. The summed E-state index contributed by atoms with van der Waals surface area (Å²) in [5, 5.41) is 5.29. The van der Waals surface area contributed by atoms with Crippen molar-refractivity contribution in [1.29, 1.82) is 0 Å². The Balaban J connectivity index is 1.47. The number of anilines is 2. The van der Waals surface area contributed by atoms with Crippen molar-refractivity contribution in [3.63, 3.8) is 0 Å². The average molecular weight is 753 g/mol. The van der Waals surface area contributed by atoms with E-state index in [2.05, 4.69) is 10.6 Å². The molecule has 0 radical (unpaired) electrons. The Kier molecular flexibility index (Phi) is 13.1. The van der Waals surface area contributed by atoms with Gasteiger partial charge in [0, 0.05) is 24.0 Å². The zero-order chi connectivity index (χ0) is 39.2. The molecule has 1 unspecified atom stereocenters. The van der Waals surface area contributed by atoms with Crippen LogP contribution in [0, 0.1) is 25.6 Å². The Hall–Kier alpha value is -4.82. The van der Waals surface area contributed by atoms with Crippen LogP contribution in [0.15, 0.2) is 60.7 Å². The van der Waals surface area contributed by atoms with Crippen LogP contribution in [0.4, 0.5) is 28.9 Å². The summed E-state index contributed by atoms with van der Waals surface area (Å²) in [6.07, 6.45) is 0.413. The van der Waals surface area contributed by atoms with Crippen LogP contribution in [0.25, 0.3) is 0 Å². The summed E-state index contributed by atoms with van der Waals surface area (Å²) in [4.78, 5) is 57.5. The molecule has 5 rings (SSSR count). The summed E-state index contributed by atoms with van der Waals surface area (Å²) in [5.41, 5.74) is 11.9. The third kappa shape index (κ3) is 9.27. The molecule has 0 bridgehead atoms. The number of amides is 4. The maximum atomic E-state index is 15.2. The van der Waals surface area contributed by atoms with Gasteiger partial charge in [0.2, 0.25) is 17.7 Å². The number of alkyl halides is 3. The molecule has 290 valence electrons. The van der Waals surface area contributed by atoms with E-state index < -0.39 is 53.3 Å². The highest BCUT2D eigenvalue weighted by molar-refractivity contribution is 5.99. The molecule has 2 aliphatic rings. The highest BCUT2D eigenvalue weighted by Crippen LogP contribution is 2.40. The number of benzene rings is 3. The Bertz CT molecular complexity index is 1810. The zero-order valence-corrected chi connectivity index (χ0v) is 30.6. The molecule has 2 fully saturated rings. The van der Waals surface area contributed by atoms with E-state index in [1.165, 1.54) is 36.1 Å². The van der Waals surface area contributed by atoms with Crippen LogP contribution in [-0.2, 0) is 20.6 Å². The SMILES string of the molecule is Cc1ccc(NC(=O)[C@H]2CCCN(C(=O)c3c(C)cccc3F)[C@H]2c2ccc(N(C(=O)CNC(=O)C(N)CCCN)C3CCCC3)cc2)cc1C(F)(F)F. The highest BCUT2D eigenvalue weighted by Gasteiger charge is 2.41. The molecule has 1 heterocycles. The van der Waals surface area contributed by atoms with E-state index in [4.69, 9.17) is 11.5 Å². The quantitative estimate of drug-likeness (QED) is 0.163. The van der Waals surface area contributed by atoms with Crippen molar-refractivity contribution < 1.29 is 36.7 Å². The van der Waals surface area contributed by atoms with Gasteiger partial charge in [-0.15, -0.1) is 0 Å². The van der Waals surface area contributed by atoms with E-state index in [1.54, 1.807) is 42.2 Å². The van der Waals surface area contributed by atoms with E-state index in [1.807, 2.05) is 0 Å². The van der Waals surface area contributed by atoms with E-state index in [-0.39, 0.29) is 41.9 Å². The third-order valence-electron chi connectivity index (χ3n) is 10.4. The van der Waals surface area contributed by atoms with Crippen LogP contribution < -0.4 is 27.0 Å². The first kappa shape index (κ1) is 40.4. The van der Waals surface area contributed by atoms with Gasteiger partial charge < -0.3 is 31.9 Å². The van der Waals surface area contributed by atoms with Crippen molar-refractivity contribution in [3.8, 4) is 0 Å². The number of piperidine rings is 1. The Morgan fingerprint density at radius 3 is 2.30 bits per heavy atom. The fraction of sp³-hybridized carbons (Fsp3) is 0.450. The van der Waals surface area contributed by atoms with Crippen LogP contribution in [0.1, 0.15) is 90.0 Å². The maximum absolute atomic E-state index is 15.2. The molecule has 1 aliphatic heterocycles.